The average Bonchev–Trinajstić information content (AvgIpc) is 3.35. The number of hydrogen-bond donors (Lipinski definition) is 2. The van der Waals surface area contributed by atoms with E-state index >= 15 is 0 Å². The molecule has 2 N–H and O–H groups in total. The number of fused-ring (bicyclic) bond motifs is 1. The number of guanidine groups is 1. The number of hydrogen-bond acceptors (Lipinski definition) is 4. The van der Waals surface area contributed by atoms with Crippen LogP contribution in [-0.4, -0.2) is 42.0 Å². The lowest BCUT2D eigenvalue weighted by Crippen LogP contribution is -2.44. The zero-order valence-corrected chi connectivity index (χ0v) is 22.0. The van der Waals surface area contributed by atoms with Crippen LogP contribution in [0.4, 0.5) is 0 Å². The number of benzene rings is 1. The highest BCUT2D eigenvalue weighted by molar-refractivity contribution is 14.0. The Bertz CT molecular complexity index is 950. The summed E-state index contributed by atoms with van der Waals surface area (Å²) in [6, 6.07) is 6.47. The van der Waals surface area contributed by atoms with Crippen LogP contribution in [-0.2, 0) is 19.0 Å². The average molecular weight is 553 g/mol. The Morgan fingerprint density at radius 2 is 1.84 bits per heavy atom. The molecule has 176 valence electrons. The lowest BCUT2D eigenvalue weighted by molar-refractivity contribution is 0.171. The van der Waals surface area contributed by atoms with Crippen molar-refractivity contribution in [3.63, 3.8) is 0 Å². The Labute approximate surface area is 208 Å². The first kappa shape index (κ1) is 24.7. The van der Waals surface area contributed by atoms with Crippen LogP contribution in [0.25, 0.3) is 0 Å². The van der Waals surface area contributed by atoms with Gasteiger partial charge < -0.3 is 20.1 Å². The molecule has 32 heavy (non-hydrogen) atoms. The lowest BCUT2D eigenvalue weighted by atomic mass is 9.78. The Morgan fingerprint density at radius 3 is 2.50 bits per heavy atom. The second-order valence-corrected chi connectivity index (χ2v) is 8.67. The molecule has 1 aliphatic carbocycles. The molecule has 1 aromatic carbocycles. The van der Waals surface area contributed by atoms with E-state index in [0.29, 0.717) is 19.8 Å². The van der Waals surface area contributed by atoms with Crippen LogP contribution in [0, 0.1) is 13.8 Å². The third-order valence-electron chi connectivity index (χ3n) is 6.71. The van der Waals surface area contributed by atoms with E-state index in [1.54, 1.807) is 0 Å². The summed E-state index contributed by atoms with van der Waals surface area (Å²) in [7, 11) is 1.98. The molecule has 2 aromatic rings. The van der Waals surface area contributed by atoms with Crippen LogP contribution < -0.4 is 20.1 Å². The molecule has 0 radical (unpaired) electrons. The number of aryl methyl sites for hydroxylation is 2. The first-order valence-corrected chi connectivity index (χ1v) is 11.4. The molecule has 2 aliphatic rings. The van der Waals surface area contributed by atoms with Gasteiger partial charge in [-0.05, 0) is 51.3 Å². The first-order chi connectivity index (χ1) is 15.0. The van der Waals surface area contributed by atoms with E-state index in [2.05, 4.69) is 47.8 Å². The molecule has 0 atom stereocenters. The van der Waals surface area contributed by atoms with Crippen molar-refractivity contribution >= 4 is 29.9 Å². The highest BCUT2D eigenvalue weighted by atomic mass is 127. The second kappa shape index (κ2) is 10.8. The van der Waals surface area contributed by atoms with Gasteiger partial charge in [-0.1, -0.05) is 18.9 Å². The zero-order chi connectivity index (χ0) is 21.8. The first-order valence-electron chi connectivity index (χ1n) is 11.4. The molecule has 0 bridgehead atoms. The molecule has 1 fully saturated rings. The van der Waals surface area contributed by atoms with Crippen molar-refractivity contribution in [3.05, 3.63) is 40.7 Å². The van der Waals surface area contributed by atoms with Crippen LogP contribution in [0.15, 0.2) is 23.2 Å². The molecule has 0 spiro atoms. The van der Waals surface area contributed by atoms with Gasteiger partial charge in [0, 0.05) is 36.8 Å². The SMILES string of the molecule is CCNC(=NCc1c(C)nn(C)c1C)NCC1(c2ccc3c(c2)OCCO3)CCCC1.I. The minimum absolute atomic E-state index is 0. The summed E-state index contributed by atoms with van der Waals surface area (Å²) in [6.07, 6.45) is 4.83. The van der Waals surface area contributed by atoms with Crippen molar-refractivity contribution in [3.8, 4) is 11.5 Å². The molecular formula is C24H36IN5O2. The molecule has 0 saturated heterocycles. The van der Waals surface area contributed by atoms with Gasteiger partial charge in [-0.2, -0.15) is 5.10 Å². The molecule has 2 heterocycles. The summed E-state index contributed by atoms with van der Waals surface area (Å²) in [5.41, 5.74) is 4.83. The highest BCUT2D eigenvalue weighted by Gasteiger charge is 2.36. The van der Waals surface area contributed by atoms with Gasteiger partial charge in [0.2, 0.25) is 0 Å². The maximum atomic E-state index is 5.86. The molecule has 1 aliphatic heterocycles. The zero-order valence-electron chi connectivity index (χ0n) is 19.7. The van der Waals surface area contributed by atoms with Crippen LogP contribution in [0.5, 0.6) is 11.5 Å². The number of aliphatic imine (C=N–C) groups is 1. The largest absolute Gasteiger partial charge is 0.486 e. The Kier molecular flexibility index (Phi) is 8.30. The van der Waals surface area contributed by atoms with Gasteiger partial charge >= 0.3 is 0 Å². The molecule has 1 aromatic heterocycles. The fourth-order valence-corrected chi connectivity index (χ4v) is 4.79. The maximum absolute atomic E-state index is 5.86. The normalized spacial score (nSPS) is 17.1. The van der Waals surface area contributed by atoms with Crippen LogP contribution in [0.1, 0.15) is 55.1 Å². The Hall–Kier alpha value is -1.97. The van der Waals surface area contributed by atoms with Crippen LogP contribution in [0.3, 0.4) is 0 Å². The van der Waals surface area contributed by atoms with Gasteiger partial charge in [0.15, 0.2) is 17.5 Å². The van der Waals surface area contributed by atoms with E-state index in [0.717, 1.165) is 36.2 Å². The minimum Gasteiger partial charge on any atom is -0.486 e. The molecule has 0 unspecified atom stereocenters. The summed E-state index contributed by atoms with van der Waals surface area (Å²) >= 11 is 0. The predicted octanol–water partition coefficient (Wildman–Crippen LogP) is 3.99. The van der Waals surface area contributed by atoms with E-state index in [-0.39, 0.29) is 29.4 Å². The van der Waals surface area contributed by atoms with Gasteiger partial charge in [-0.3, -0.25) is 4.68 Å². The number of nitrogens with one attached hydrogen (secondary N) is 2. The van der Waals surface area contributed by atoms with Crippen LogP contribution >= 0.6 is 24.0 Å². The molecular weight excluding hydrogens is 517 g/mol. The molecule has 1 saturated carbocycles. The van der Waals surface area contributed by atoms with Crippen molar-refractivity contribution in [2.24, 2.45) is 12.0 Å². The molecule has 0 amide bonds. The lowest BCUT2D eigenvalue weighted by Gasteiger charge is -2.32. The Balaban J connectivity index is 0.00000289. The van der Waals surface area contributed by atoms with Crippen molar-refractivity contribution in [1.29, 1.82) is 0 Å². The highest BCUT2D eigenvalue weighted by Crippen LogP contribution is 2.43. The number of aromatic nitrogens is 2. The summed E-state index contributed by atoms with van der Waals surface area (Å²) < 4.78 is 13.5. The van der Waals surface area contributed by atoms with Crippen LogP contribution in [0.2, 0.25) is 0 Å². The minimum atomic E-state index is 0. The van der Waals surface area contributed by atoms with Gasteiger partial charge in [-0.25, -0.2) is 4.99 Å². The number of halogens is 1. The van der Waals surface area contributed by atoms with E-state index in [1.807, 2.05) is 18.7 Å². The topological polar surface area (TPSA) is 72.7 Å². The van der Waals surface area contributed by atoms with E-state index in [1.165, 1.54) is 42.5 Å². The van der Waals surface area contributed by atoms with Gasteiger partial charge in [0.25, 0.3) is 0 Å². The van der Waals surface area contributed by atoms with Gasteiger partial charge in [0.05, 0.1) is 12.2 Å². The van der Waals surface area contributed by atoms with E-state index in [4.69, 9.17) is 14.5 Å². The second-order valence-electron chi connectivity index (χ2n) is 8.67. The molecule has 7 nitrogen and oxygen atoms in total. The summed E-state index contributed by atoms with van der Waals surface area (Å²) in [5, 5.41) is 11.6. The fourth-order valence-electron chi connectivity index (χ4n) is 4.79. The van der Waals surface area contributed by atoms with Crippen molar-refractivity contribution in [1.82, 2.24) is 20.4 Å². The molecule has 8 heteroatoms. The number of nitrogens with zero attached hydrogens (tertiary/aromatic N) is 3. The number of ether oxygens (including phenoxy) is 2. The Morgan fingerprint density at radius 1 is 1.12 bits per heavy atom. The molecule has 4 rings (SSSR count). The monoisotopic (exact) mass is 553 g/mol. The smallest absolute Gasteiger partial charge is 0.191 e. The number of rotatable bonds is 6. The van der Waals surface area contributed by atoms with Gasteiger partial charge in [0.1, 0.15) is 13.2 Å². The fraction of sp³-hybridized carbons (Fsp3) is 0.583. The third kappa shape index (κ3) is 5.15. The summed E-state index contributed by atoms with van der Waals surface area (Å²) in [6.45, 7) is 9.79. The summed E-state index contributed by atoms with van der Waals surface area (Å²) in [5.74, 6) is 2.58. The maximum Gasteiger partial charge on any atom is 0.191 e. The van der Waals surface area contributed by atoms with Gasteiger partial charge in [-0.15, -0.1) is 24.0 Å². The van der Waals surface area contributed by atoms with Crippen molar-refractivity contribution in [2.45, 2.75) is 58.4 Å². The quantitative estimate of drug-likeness (QED) is 0.322. The van der Waals surface area contributed by atoms with E-state index < -0.39 is 0 Å². The standard InChI is InChI=1S/C24H35N5O2.HI/c1-5-25-23(26-15-20-17(2)28-29(4)18(20)3)27-16-24(10-6-7-11-24)19-8-9-21-22(14-19)31-13-12-30-21;/h8-9,14H,5-7,10-13,15-16H2,1-4H3,(H2,25,26,27);1H. The van der Waals surface area contributed by atoms with Crippen molar-refractivity contribution < 1.29 is 9.47 Å². The summed E-state index contributed by atoms with van der Waals surface area (Å²) in [4.78, 5) is 4.87. The van der Waals surface area contributed by atoms with E-state index in [9.17, 15) is 0 Å². The van der Waals surface area contributed by atoms with Crippen molar-refractivity contribution in [2.75, 3.05) is 26.3 Å². The predicted molar refractivity (Wildman–Crippen MR) is 138 cm³/mol. The third-order valence-corrected chi connectivity index (χ3v) is 6.71.